The maximum Gasteiger partial charge on any atom is 0.534 e. The Kier molecular flexibility index (Phi) is 5.01. The van der Waals surface area contributed by atoms with Crippen LogP contribution in [-0.2, 0) is 16.5 Å². The van der Waals surface area contributed by atoms with Crippen molar-refractivity contribution in [2.75, 3.05) is 13.6 Å². The van der Waals surface area contributed by atoms with Crippen molar-refractivity contribution in [1.29, 1.82) is 0 Å². The minimum atomic E-state index is -5.62. The van der Waals surface area contributed by atoms with E-state index in [2.05, 4.69) is 9.08 Å². The van der Waals surface area contributed by atoms with Crippen molar-refractivity contribution in [2.24, 2.45) is 0 Å². The molecule has 0 saturated carbocycles. The molecule has 1 unspecified atom stereocenters. The second-order valence-corrected chi connectivity index (χ2v) is 7.00. The lowest BCUT2D eigenvalue weighted by molar-refractivity contribution is -0.0500. The van der Waals surface area contributed by atoms with Crippen LogP contribution in [0.4, 0.5) is 13.2 Å². The molecule has 22 heavy (non-hydrogen) atoms. The Balaban J connectivity index is 2.10. The summed E-state index contributed by atoms with van der Waals surface area (Å²) in [5, 5.41) is 0. The van der Waals surface area contributed by atoms with Crippen molar-refractivity contribution >= 4 is 10.1 Å². The largest absolute Gasteiger partial charge is 0.534 e. The van der Waals surface area contributed by atoms with E-state index in [4.69, 9.17) is 0 Å². The van der Waals surface area contributed by atoms with Crippen LogP contribution >= 0.6 is 0 Å². The third kappa shape index (κ3) is 4.13. The standard InChI is InChI=1S/C14H18F3NO3S/c1-18-8-3-2-6-12(18)9-11-5-4-7-13(10-11)21-22(19,20)14(15,16)17/h4-5,7,10,12H,2-3,6,8-9H2,1H3. The molecule has 1 aromatic carbocycles. The fourth-order valence-corrected chi connectivity index (χ4v) is 3.02. The third-order valence-corrected chi connectivity index (χ3v) is 4.76. The van der Waals surface area contributed by atoms with Gasteiger partial charge in [-0.15, -0.1) is 0 Å². The molecule has 0 spiro atoms. The highest BCUT2D eigenvalue weighted by Crippen LogP contribution is 2.28. The molecule has 1 aromatic rings. The quantitative estimate of drug-likeness (QED) is 0.626. The van der Waals surface area contributed by atoms with Gasteiger partial charge in [0.05, 0.1) is 0 Å². The van der Waals surface area contributed by atoms with Gasteiger partial charge in [0.15, 0.2) is 0 Å². The van der Waals surface area contributed by atoms with Gasteiger partial charge in [0, 0.05) is 6.04 Å². The first-order valence-corrected chi connectivity index (χ1v) is 8.40. The fraction of sp³-hybridized carbons (Fsp3) is 0.571. The summed E-state index contributed by atoms with van der Waals surface area (Å²) in [5.74, 6) is -0.312. The number of hydrogen-bond acceptors (Lipinski definition) is 4. The number of rotatable bonds is 4. The maximum atomic E-state index is 12.3. The summed E-state index contributed by atoms with van der Waals surface area (Å²) < 4.78 is 63.2. The topological polar surface area (TPSA) is 46.6 Å². The Hall–Kier alpha value is -1.28. The summed E-state index contributed by atoms with van der Waals surface area (Å²) in [6.07, 6.45) is 3.93. The number of hydrogen-bond donors (Lipinski definition) is 0. The van der Waals surface area contributed by atoms with Crippen molar-refractivity contribution in [3.63, 3.8) is 0 Å². The van der Waals surface area contributed by atoms with Gasteiger partial charge in [-0.3, -0.25) is 0 Å². The van der Waals surface area contributed by atoms with Crippen LogP contribution in [0.1, 0.15) is 24.8 Å². The predicted molar refractivity (Wildman–Crippen MR) is 76.0 cm³/mol. The zero-order valence-corrected chi connectivity index (χ0v) is 13.0. The maximum absolute atomic E-state index is 12.3. The summed E-state index contributed by atoms with van der Waals surface area (Å²) in [7, 11) is -3.61. The lowest BCUT2D eigenvalue weighted by Crippen LogP contribution is -2.37. The minimum absolute atomic E-state index is 0.309. The predicted octanol–water partition coefficient (Wildman–Crippen LogP) is 2.94. The van der Waals surface area contributed by atoms with E-state index in [0.717, 1.165) is 31.4 Å². The highest BCUT2D eigenvalue weighted by atomic mass is 32.2. The van der Waals surface area contributed by atoms with Crippen LogP contribution in [0.25, 0.3) is 0 Å². The van der Waals surface area contributed by atoms with Gasteiger partial charge in [-0.05, 0) is 50.6 Å². The summed E-state index contributed by atoms with van der Waals surface area (Å²) in [4.78, 5) is 2.21. The Bertz CT molecular complexity index is 616. The van der Waals surface area contributed by atoms with E-state index < -0.39 is 15.6 Å². The SMILES string of the molecule is CN1CCCCC1Cc1cccc(OS(=O)(=O)C(F)(F)F)c1. The molecular formula is C14H18F3NO3S. The van der Waals surface area contributed by atoms with Crippen LogP contribution in [0.3, 0.4) is 0 Å². The van der Waals surface area contributed by atoms with E-state index in [0.29, 0.717) is 12.5 Å². The molecule has 4 nitrogen and oxygen atoms in total. The lowest BCUT2D eigenvalue weighted by Gasteiger charge is -2.32. The average Bonchev–Trinajstić information content (AvgIpc) is 2.40. The average molecular weight is 337 g/mol. The van der Waals surface area contributed by atoms with Gasteiger partial charge >= 0.3 is 15.6 Å². The number of likely N-dealkylation sites (N-methyl/N-ethyl adjacent to an activating group) is 1. The van der Waals surface area contributed by atoms with Crippen LogP contribution in [0.5, 0.6) is 5.75 Å². The molecule has 8 heteroatoms. The van der Waals surface area contributed by atoms with E-state index in [1.54, 1.807) is 6.07 Å². The molecule has 1 atom stereocenters. The van der Waals surface area contributed by atoms with E-state index in [1.807, 2.05) is 7.05 Å². The van der Waals surface area contributed by atoms with E-state index in [-0.39, 0.29) is 5.75 Å². The van der Waals surface area contributed by atoms with Crippen molar-refractivity contribution in [3.8, 4) is 5.75 Å². The molecule has 0 N–H and O–H groups in total. The highest BCUT2D eigenvalue weighted by molar-refractivity contribution is 7.87. The zero-order chi connectivity index (χ0) is 16.4. The molecule has 1 aliphatic rings. The lowest BCUT2D eigenvalue weighted by atomic mass is 9.96. The van der Waals surface area contributed by atoms with Crippen LogP contribution in [-0.4, -0.2) is 38.5 Å². The molecule has 0 radical (unpaired) electrons. The van der Waals surface area contributed by atoms with Gasteiger partial charge in [0.1, 0.15) is 5.75 Å². The molecular weight excluding hydrogens is 319 g/mol. The van der Waals surface area contributed by atoms with Crippen molar-refractivity contribution in [1.82, 2.24) is 4.90 Å². The van der Waals surface area contributed by atoms with Crippen molar-refractivity contribution in [2.45, 2.75) is 37.2 Å². The van der Waals surface area contributed by atoms with Crippen molar-refractivity contribution in [3.05, 3.63) is 29.8 Å². The molecule has 1 aliphatic heterocycles. The molecule has 0 aliphatic carbocycles. The smallest absolute Gasteiger partial charge is 0.376 e. The van der Waals surface area contributed by atoms with Gasteiger partial charge in [-0.2, -0.15) is 21.6 Å². The summed E-state index contributed by atoms with van der Waals surface area (Å²) in [6, 6.07) is 6.13. The summed E-state index contributed by atoms with van der Waals surface area (Å²) in [6.45, 7) is 0.989. The van der Waals surface area contributed by atoms with Crippen LogP contribution in [0.15, 0.2) is 24.3 Å². The Morgan fingerprint density at radius 2 is 2.05 bits per heavy atom. The van der Waals surface area contributed by atoms with E-state index >= 15 is 0 Å². The summed E-state index contributed by atoms with van der Waals surface area (Å²) >= 11 is 0. The van der Waals surface area contributed by atoms with Crippen LogP contribution in [0.2, 0.25) is 0 Å². The van der Waals surface area contributed by atoms with Gasteiger partial charge in [0.25, 0.3) is 0 Å². The molecule has 1 saturated heterocycles. The first kappa shape index (κ1) is 17.1. The van der Waals surface area contributed by atoms with Crippen LogP contribution in [0, 0.1) is 0 Å². The number of nitrogens with zero attached hydrogens (tertiary/aromatic N) is 1. The van der Waals surface area contributed by atoms with E-state index in [1.165, 1.54) is 18.2 Å². The third-order valence-electron chi connectivity index (χ3n) is 3.78. The van der Waals surface area contributed by atoms with Gasteiger partial charge in [-0.1, -0.05) is 18.6 Å². The Morgan fingerprint density at radius 1 is 1.32 bits per heavy atom. The van der Waals surface area contributed by atoms with E-state index in [9.17, 15) is 21.6 Å². The number of piperidine rings is 1. The fourth-order valence-electron chi connectivity index (χ4n) is 2.57. The number of halogens is 3. The monoisotopic (exact) mass is 337 g/mol. The number of benzene rings is 1. The number of likely N-dealkylation sites (tertiary alicyclic amines) is 1. The molecule has 1 fully saturated rings. The highest BCUT2D eigenvalue weighted by Gasteiger charge is 2.48. The molecule has 1 heterocycles. The molecule has 124 valence electrons. The van der Waals surface area contributed by atoms with Crippen molar-refractivity contribution < 1.29 is 25.8 Å². The summed E-state index contributed by atoms with van der Waals surface area (Å²) in [5.41, 5.74) is -4.67. The first-order valence-electron chi connectivity index (χ1n) is 6.99. The van der Waals surface area contributed by atoms with Gasteiger partial charge < -0.3 is 9.08 Å². The molecule has 0 aromatic heterocycles. The Labute approximate surface area is 128 Å². The Morgan fingerprint density at radius 3 is 2.68 bits per heavy atom. The zero-order valence-electron chi connectivity index (χ0n) is 12.1. The second kappa shape index (κ2) is 6.45. The normalized spacial score (nSPS) is 20.8. The van der Waals surface area contributed by atoms with Gasteiger partial charge in [-0.25, -0.2) is 0 Å². The number of alkyl halides is 3. The molecule has 0 bridgehead atoms. The van der Waals surface area contributed by atoms with Gasteiger partial charge in [0.2, 0.25) is 0 Å². The minimum Gasteiger partial charge on any atom is -0.376 e. The molecule has 0 amide bonds. The first-order chi connectivity index (χ1) is 10.2. The van der Waals surface area contributed by atoms with Crippen LogP contribution < -0.4 is 4.18 Å². The molecule has 2 rings (SSSR count). The second-order valence-electron chi connectivity index (χ2n) is 5.46.